The molecule has 0 aromatic heterocycles. The van der Waals surface area contributed by atoms with Crippen molar-refractivity contribution in [3.05, 3.63) is 33.9 Å². The first kappa shape index (κ1) is 16.9. The van der Waals surface area contributed by atoms with Gasteiger partial charge < -0.3 is 19.5 Å². The molecule has 1 unspecified atom stereocenters. The molecule has 0 saturated heterocycles. The lowest BCUT2D eigenvalue weighted by molar-refractivity contribution is -0.385. The monoisotopic (exact) mass is 298 g/mol. The van der Waals surface area contributed by atoms with Crippen LogP contribution in [0.15, 0.2) is 18.2 Å². The van der Waals surface area contributed by atoms with E-state index < -0.39 is 23.2 Å². The minimum absolute atomic E-state index is 0.0938. The van der Waals surface area contributed by atoms with Gasteiger partial charge in [0.2, 0.25) is 0 Å². The fourth-order valence-corrected chi connectivity index (χ4v) is 1.84. The van der Waals surface area contributed by atoms with E-state index in [0.717, 1.165) is 6.07 Å². The molecule has 8 heteroatoms. The lowest BCUT2D eigenvalue weighted by Gasteiger charge is -2.22. The summed E-state index contributed by atoms with van der Waals surface area (Å²) in [5.74, 6) is -0.372. The Morgan fingerprint density at radius 3 is 2.38 bits per heavy atom. The second-order valence-corrected chi connectivity index (χ2v) is 4.25. The Morgan fingerprint density at radius 2 is 1.90 bits per heavy atom. The van der Waals surface area contributed by atoms with Gasteiger partial charge in [0, 0.05) is 25.8 Å². The van der Waals surface area contributed by atoms with Crippen LogP contribution in [0.25, 0.3) is 0 Å². The van der Waals surface area contributed by atoms with Crippen molar-refractivity contribution in [1.82, 2.24) is 5.32 Å². The zero-order chi connectivity index (χ0) is 16.0. The molecule has 0 spiro atoms. The third-order valence-electron chi connectivity index (χ3n) is 2.87. The minimum atomic E-state index is -0.609. The predicted octanol–water partition coefficient (Wildman–Crippen LogP) is 1.34. The van der Waals surface area contributed by atoms with Crippen LogP contribution in [0.5, 0.6) is 5.75 Å². The van der Waals surface area contributed by atoms with Crippen LogP contribution in [0.1, 0.15) is 17.3 Å². The second-order valence-electron chi connectivity index (χ2n) is 4.25. The number of benzene rings is 1. The standard InChI is InChI=1S/C13H18N2O6/c1-8(13(20-3)21-4)14-12(16)9-5-6-11(19-2)10(7-9)15(17)18/h5-8,13H,1-4H3,(H,14,16). The van der Waals surface area contributed by atoms with Gasteiger partial charge in [-0.1, -0.05) is 0 Å². The van der Waals surface area contributed by atoms with E-state index >= 15 is 0 Å². The zero-order valence-electron chi connectivity index (χ0n) is 12.3. The molecular formula is C13H18N2O6. The van der Waals surface area contributed by atoms with Crippen molar-refractivity contribution in [2.45, 2.75) is 19.3 Å². The van der Waals surface area contributed by atoms with Crippen LogP contribution in [0.3, 0.4) is 0 Å². The Bertz CT molecular complexity index is 515. The summed E-state index contributed by atoms with van der Waals surface area (Å²) in [5, 5.41) is 13.6. The second kappa shape index (κ2) is 7.55. The number of nitrogens with one attached hydrogen (secondary N) is 1. The summed E-state index contributed by atoms with van der Waals surface area (Å²) in [6, 6.07) is 3.56. The highest BCUT2D eigenvalue weighted by Gasteiger charge is 2.22. The largest absolute Gasteiger partial charge is 0.490 e. The average molecular weight is 298 g/mol. The smallest absolute Gasteiger partial charge is 0.311 e. The van der Waals surface area contributed by atoms with Gasteiger partial charge in [0.1, 0.15) is 0 Å². The van der Waals surface area contributed by atoms with Crippen molar-refractivity contribution in [2.75, 3.05) is 21.3 Å². The van der Waals surface area contributed by atoms with E-state index in [1.54, 1.807) is 6.92 Å². The van der Waals surface area contributed by atoms with Gasteiger partial charge in [-0.05, 0) is 19.1 Å². The normalized spacial score (nSPS) is 12.0. The summed E-state index contributed by atoms with van der Waals surface area (Å²) in [6.45, 7) is 1.70. The molecule has 0 fully saturated rings. The van der Waals surface area contributed by atoms with Crippen LogP contribution in [0.2, 0.25) is 0 Å². The molecule has 0 aliphatic heterocycles. The Balaban J connectivity index is 2.93. The fraction of sp³-hybridized carbons (Fsp3) is 0.462. The molecule has 0 heterocycles. The van der Waals surface area contributed by atoms with Gasteiger partial charge in [-0.25, -0.2) is 0 Å². The maximum Gasteiger partial charge on any atom is 0.311 e. The molecule has 1 N–H and O–H groups in total. The Morgan fingerprint density at radius 1 is 1.29 bits per heavy atom. The molecule has 0 bridgehead atoms. The van der Waals surface area contributed by atoms with Crippen LogP contribution >= 0.6 is 0 Å². The molecule has 0 aliphatic carbocycles. The molecule has 1 amide bonds. The average Bonchev–Trinajstić information content (AvgIpc) is 2.47. The van der Waals surface area contributed by atoms with Crippen molar-refractivity contribution < 1.29 is 23.9 Å². The molecule has 1 rings (SSSR count). The van der Waals surface area contributed by atoms with Crippen LogP contribution in [-0.4, -0.2) is 44.5 Å². The van der Waals surface area contributed by atoms with Crippen molar-refractivity contribution in [2.24, 2.45) is 0 Å². The van der Waals surface area contributed by atoms with Gasteiger partial charge in [0.25, 0.3) is 5.91 Å². The lowest BCUT2D eigenvalue weighted by atomic mass is 10.1. The number of amides is 1. The molecule has 0 aliphatic rings. The van der Waals surface area contributed by atoms with E-state index in [4.69, 9.17) is 14.2 Å². The molecule has 116 valence electrons. The number of rotatable bonds is 7. The molecule has 1 aromatic carbocycles. The van der Waals surface area contributed by atoms with Gasteiger partial charge in [-0.15, -0.1) is 0 Å². The summed E-state index contributed by atoms with van der Waals surface area (Å²) in [4.78, 5) is 22.4. The molecule has 21 heavy (non-hydrogen) atoms. The highest BCUT2D eigenvalue weighted by atomic mass is 16.7. The molecular weight excluding hydrogens is 280 g/mol. The first-order chi connectivity index (χ1) is 9.94. The van der Waals surface area contributed by atoms with Gasteiger partial charge in [-0.3, -0.25) is 14.9 Å². The molecule has 8 nitrogen and oxygen atoms in total. The van der Waals surface area contributed by atoms with E-state index in [1.807, 2.05) is 0 Å². The van der Waals surface area contributed by atoms with Crippen LogP contribution < -0.4 is 10.1 Å². The quantitative estimate of drug-likeness (QED) is 0.463. The third-order valence-corrected chi connectivity index (χ3v) is 2.87. The maximum absolute atomic E-state index is 12.1. The number of carbonyl (C=O) groups excluding carboxylic acids is 1. The number of ether oxygens (including phenoxy) is 3. The van der Waals surface area contributed by atoms with E-state index in [1.165, 1.54) is 33.5 Å². The number of methoxy groups -OCH3 is 3. The highest BCUT2D eigenvalue weighted by molar-refractivity contribution is 5.95. The Kier molecular flexibility index (Phi) is 6.07. The summed E-state index contributed by atoms with van der Waals surface area (Å²) < 4.78 is 14.9. The molecule has 0 radical (unpaired) electrons. The fourth-order valence-electron chi connectivity index (χ4n) is 1.84. The van der Waals surface area contributed by atoms with Crippen molar-refractivity contribution in [3.8, 4) is 5.75 Å². The number of nitrogens with zero attached hydrogens (tertiary/aromatic N) is 1. The van der Waals surface area contributed by atoms with Crippen molar-refractivity contribution >= 4 is 11.6 Å². The Hall–Kier alpha value is -2.19. The van der Waals surface area contributed by atoms with Crippen molar-refractivity contribution in [1.29, 1.82) is 0 Å². The number of hydrogen-bond donors (Lipinski definition) is 1. The topological polar surface area (TPSA) is 99.9 Å². The van der Waals surface area contributed by atoms with Crippen LogP contribution in [-0.2, 0) is 9.47 Å². The number of nitro benzene ring substituents is 1. The zero-order valence-corrected chi connectivity index (χ0v) is 12.3. The third kappa shape index (κ3) is 4.14. The summed E-state index contributed by atoms with van der Waals surface area (Å²) in [5.41, 5.74) is -0.117. The van der Waals surface area contributed by atoms with Gasteiger partial charge in [0.05, 0.1) is 18.1 Å². The first-order valence-corrected chi connectivity index (χ1v) is 6.13. The van der Waals surface area contributed by atoms with Crippen LogP contribution in [0, 0.1) is 10.1 Å². The van der Waals surface area contributed by atoms with E-state index in [9.17, 15) is 14.9 Å². The maximum atomic E-state index is 12.1. The highest BCUT2D eigenvalue weighted by Crippen LogP contribution is 2.27. The number of nitro groups is 1. The van der Waals surface area contributed by atoms with Gasteiger partial charge in [0.15, 0.2) is 12.0 Å². The van der Waals surface area contributed by atoms with E-state index in [0.29, 0.717) is 0 Å². The summed E-state index contributed by atoms with van der Waals surface area (Å²) in [6.07, 6.45) is -0.609. The SMILES string of the molecule is COc1ccc(C(=O)NC(C)C(OC)OC)cc1[N+](=O)[O-]. The van der Waals surface area contributed by atoms with Crippen molar-refractivity contribution in [3.63, 3.8) is 0 Å². The van der Waals surface area contributed by atoms with Gasteiger partial charge >= 0.3 is 5.69 Å². The summed E-state index contributed by atoms with van der Waals surface area (Å²) in [7, 11) is 4.23. The summed E-state index contributed by atoms with van der Waals surface area (Å²) >= 11 is 0. The molecule has 1 atom stereocenters. The van der Waals surface area contributed by atoms with Crippen LogP contribution in [0.4, 0.5) is 5.69 Å². The van der Waals surface area contributed by atoms with E-state index in [2.05, 4.69) is 5.32 Å². The molecule has 1 aromatic rings. The van der Waals surface area contributed by atoms with E-state index in [-0.39, 0.29) is 17.0 Å². The number of carbonyl (C=O) groups is 1. The Labute approximate surface area is 122 Å². The lowest BCUT2D eigenvalue weighted by Crippen LogP contribution is -2.42. The number of hydrogen-bond acceptors (Lipinski definition) is 6. The predicted molar refractivity (Wildman–Crippen MR) is 74.4 cm³/mol. The minimum Gasteiger partial charge on any atom is -0.490 e. The van der Waals surface area contributed by atoms with Gasteiger partial charge in [-0.2, -0.15) is 0 Å². The molecule has 0 saturated carbocycles. The first-order valence-electron chi connectivity index (χ1n) is 6.13.